The molecule has 4 heteroatoms. The molecular formula is C16H27INO2-. The molecule has 0 aromatic rings. The van der Waals surface area contributed by atoms with Crippen LogP contribution in [0, 0.1) is 5.41 Å². The van der Waals surface area contributed by atoms with Crippen molar-refractivity contribution in [3.63, 3.8) is 0 Å². The molecule has 2 saturated carbocycles. The first-order chi connectivity index (χ1) is 9.62. The molecule has 2 atom stereocenters. The van der Waals surface area contributed by atoms with E-state index in [0.29, 0.717) is 5.41 Å². The van der Waals surface area contributed by atoms with Crippen LogP contribution in [0.1, 0.15) is 78.1 Å². The van der Waals surface area contributed by atoms with Crippen molar-refractivity contribution in [3.05, 3.63) is 0 Å². The predicted molar refractivity (Wildman–Crippen MR) is 74.6 cm³/mol. The summed E-state index contributed by atoms with van der Waals surface area (Å²) in [6.45, 7) is 4.33. The molecule has 1 aliphatic heterocycles. The molecule has 0 aromatic carbocycles. The molecule has 1 spiro atoms. The molecule has 1 heterocycles. The Labute approximate surface area is 133 Å². The quantitative estimate of drug-likeness (QED) is 0.190. The fourth-order valence-corrected chi connectivity index (χ4v) is 6.22. The van der Waals surface area contributed by atoms with Crippen molar-refractivity contribution in [2.45, 2.75) is 87.2 Å². The number of hydrogen-bond donors (Lipinski definition) is 1. The molecule has 3 fully saturated rings. The fraction of sp³-hybridized carbons (Fsp3) is 0.938. The fourth-order valence-electron chi connectivity index (χ4n) is 4.58. The second-order valence-electron chi connectivity index (χ2n) is 6.78. The van der Waals surface area contributed by atoms with E-state index in [2.05, 4.69) is 17.4 Å². The summed E-state index contributed by atoms with van der Waals surface area (Å²) in [5.74, 6) is 0.0721. The third-order valence-electron chi connectivity index (χ3n) is 6.01. The van der Waals surface area contributed by atoms with E-state index >= 15 is 0 Å². The zero-order chi connectivity index (χ0) is 14.3. The Bertz CT molecular complexity index is 388. The average Bonchev–Trinajstić information content (AvgIpc) is 3.15. The van der Waals surface area contributed by atoms with Gasteiger partial charge in [-0.15, -0.1) is 0 Å². The van der Waals surface area contributed by atoms with E-state index in [9.17, 15) is 4.79 Å². The van der Waals surface area contributed by atoms with Crippen molar-refractivity contribution in [2.75, 3.05) is 0 Å². The summed E-state index contributed by atoms with van der Waals surface area (Å²) < 4.78 is 9.42. The summed E-state index contributed by atoms with van der Waals surface area (Å²) in [5, 5.41) is 0. The first-order valence-corrected chi connectivity index (χ1v) is 10.4. The van der Waals surface area contributed by atoms with Crippen LogP contribution in [0.2, 0.25) is 0 Å². The SMILES string of the molecule is CCC1(C(=O)OC2(CC)CCCCC23CCCC3)N[I-]1. The third-order valence-corrected chi connectivity index (χ3v) is 9.05. The number of carbonyl (C=O) groups is 1. The van der Waals surface area contributed by atoms with Crippen LogP contribution in [0.15, 0.2) is 0 Å². The van der Waals surface area contributed by atoms with Crippen LogP contribution in [0.5, 0.6) is 0 Å². The first-order valence-electron chi connectivity index (χ1n) is 8.28. The van der Waals surface area contributed by atoms with Gasteiger partial charge in [0.2, 0.25) is 0 Å². The minimum atomic E-state index is -0.238. The number of rotatable bonds is 4. The Morgan fingerprint density at radius 3 is 2.05 bits per heavy atom. The molecule has 1 saturated heterocycles. The normalized spacial score (nSPS) is 39.3. The van der Waals surface area contributed by atoms with Crippen LogP contribution in [0.25, 0.3) is 0 Å². The van der Waals surface area contributed by atoms with Crippen LogP contribution in [0.4, 0.5) is 0 Å². The number of hydrogen-bond acceptors (Lipinski definition) is 3. The predicted octanol–water partition coefficient (Wildman–Crippen LogP) is 0.526. The summed E-state index contributed by atoms with van der Waals surface area (Å²) in [4.78, 5) is 12.7. The topological polar surface area (TPSA) is 48.2 Å². The molecule has 2 unspecified atom stereocenters. The summed E-state index contributed by atoms with van der Waals surface area (Å²) in [6, 6.07) is 0. The van der Waals surface area contributed by atoms with Gasteiger partial charge >= 0.3 is 133 Å². The van der Waals surface area contributed by atoms with E-state index in [-0.39, 0.29) is 36.6 Å². The van der Waals surface area contributed by atoms with Crippen LogP contribution in [-0.4, -0.2) is 15.1 Å². The van der Waals surface area contributed by atoms with Crippen molar-refractivity contribution in [3.8, 4) is 0 Å². The number of halogens is 1. The monoisotopic (exact) mass is 392 g/mol. The van der Waals surface area contributed by atoms with E-state index in [1.165, 1.54) is 44.9 Å². The van der Waals surface area contributed by atoms with Gasteiger partial charge in [-0.1, -0.05) is 0 Å². The van der Waals surface area contributed by atoms with Crippen LogP contribution < -0.4 is 25.0 Å². The molecule has 0 bridgehead atoms. The molecule has 3 rings (SSSR count). The van der Waals surface area contributed by atoms with Gasteiger partial charge in [0.1, 0.15) is 0 Å². The Hall–Kier alpha value is 0.160. The van der Waals surface area contributed by atoms with Gasteiger partial charge in [-0.3, -0.25) is 0 Å². The molecule has 20 heavy (non-hydrogen) atoms. The van der Waals surface area contributed by atoms with Crippen LogP contribution in [-0.2, 0) is 9.53 Å². The maximum absolute atomic E-state index is 12.7. The van der Waals surface area contributed by atoms with Crippen LogP contribution in [0.3, 0.4) is 0 Å². The molecule has 0 aromatic heterocycles. The van der Waals surface area contributed by atoms with Gasteiger partial charge in [0.05, 0.1) is 0 Å². The number of esters is 1. The number of alkyl halides is 1. The molecule has 3 aliphatic rings. The van der Waals surface area contributed by atoms with Gasteiger partial charge in [-0.2, -0.15) is 0 Å². The molecular weight excluding hydrogens is 365 g/mol. The van der Waals surface area contributed by atoms with Crippen molar-refractivity contribution < 1.29 is 31.0 Å². The zero-order valence-electron chi connectivity index (χ0n) is 12.8. The van der Waals surface area contributed by atoms with E-state index in [1.807, 2.05) is 0 Å². The molecule has 3 nitrogen and oxygen atoms in total. The molecule has 116 valence electrons. The van der Waals surface area contributed by atoms with Crippen molar-refractivity contribution >= 4 is 5.97 Å². The van der Waals surface area contributed by atoms with Gasteiger partial charge in [0.25, 0.3) is 0 Å². The Kier molecular flexibility index (Phi) is 4.08. The first kappa shape index (κ1) is 15.1. The summed E-state index contributed by atoms with van der Waals surface area (Å²) >= 11 is -0.159. The molecule has 2 aliphatic carbocycles. The van der Waals surface area contributed by atoms with Crippen LogP contribution >= 0.6 is 0 Å². The third kappa shape index (κ3) is 2.21. The zero-order valence-corrected chi connectivity index (χ0v) is 14.9. The Balaban J connectivity index is 1.83. The summed E-state index contributed by atoms with van der Waals surface area (Å²) in [6.07, 6.45) is 12.0. The molecule has 1 N–H and O–H groups in total. The van der Waals surface area contributed by atoms with E-state index in [0.717, 1.165) is 19.3 Å². The molecule has 0 amide bonds. The summed E-state index contributed by atoms with van der Waals surface area (Å²) in [7, 11) is 0. The number of carbonyl (C=O) groups excluding carboxylic acids is 1. The maximum atomic E-state index is 12.7. The number of nitrogens with one attached hydrogen (secondary N) is 1. The van der Waals surface area contributed by atoms with Crippen molar-refractivity contribution in [1.29, 1.82) is 0 Å². The second kappa shape index (κ2) is 5.41. The molecule has 0 radical (unpaired) electrons. The van der Waals surface area contributed by atoms with E-state index in [1.54, 1.807) is 0 Å². The van der Waals surface area contributed by atoms with E-state index in [4.69, 9.17) is 4.74 Å². The van der Waals surface area contributed by atoms with Gasteiger partial charge in [-0.25, -0.2) is 0 Å². The van der Waals surface area contributed by atoms with Crippen molar-refractivity contribution in [2.24, 2.45) is 5.41 Å². The Morgan fingerprint density at radius 2 is 1.60 bits per heavy atom. The Morgan fingerprint density at radius 1 is 1.05 bits per heavy atom. The van der Waals surface area contributed by atoms with Gasteiger partial charge < -0.3 is 0 Å². The van der Waals surface area contributed by atoms with Gasteiger partial charge in [-0.05, 0) is 0 Å². The number of ether oxygens (including phenoxy) is 1. The van der Waals surface area contributed by atoms with Gasteiger partial charge in [0, 0.05) is 0 Å². The van der Waals surface area contributed by atoms with Crippen molar-refractivity contribution in [1.82, 2.24) is 3.53 Å². The summed E-state index contributed by atoms with van der Waals surface area (Å²) in [5.41, 5.74) is 0.146. The minimum absolute atomic E-state index is 0.0721. The second-order valence-corrected chi connectivity index (χ2v) is 9.70. The van der Waals surface area contributed by atoms with E-state index < -0.39 is 0 Å². The standard InChI is InChI=1S/C16H27INO2/c1-3-15(20-13(19)16(4-2)17-18-16)12-8-7-11-14(15)9-5-6-10-14/h18H,3-12H2,1-2H3/q-1. The average molecular weight is 392 g/mol. The van der Waals surface area contributed by atoms with Gasteiger partial charge in [0.15, 0.2) is 0 Å².